The summed E-state index contributed by atoms with van der Waals surface area (Å²) >= 11 is -1.67. The first-order valence-corrected chi connectivity index (χ1v) is 9.37. The molecular formula is C17H26FINO3-. The Kier molecular flexibility index (Phi) is 8.42. The Morgan fingerprint density at radius 3 is 2.39 bits per heavy atom. The van der Waals surface area contributed by atoms with Gasteiger partial charge in [0.05, 0.1) is 0 Å². The van der Waals surface area contributed by atoms with E-state index in [9.17, 15) is 7.65 Å². The first-order valence-electron chi connectivity index (χ1n) is 7.67. The van der Waals surface area contributed by atoms with Gasteiger partial charge in [-0.1, -0.05) is 18.2 Å². The van der Waals surface area contributed by atoms with Gasteiger partial charge in [-0.3, -0.25) is 0 Å². The molecule has 0 spiro atoms. The van der Waals surface area contributed by atoms with Crippen LogP contribution in [0.15, 0.2) is 30.3 Å². The van der Waals surface area contributed by atoms with E-state index < -0.39 is 27.8 Å². The molecule has 0 heterocycles. The van der Waals surface area contributed by atoms with E-state index in [1.54, 1.807) is 12.1 Å². The maximum absolute atomic E-state index is 12.3. The molecule has 0 radical (unpaired) electrons. The van der Waals surface area contributed by atoms with Crippen molar-refractivity contribution >= 4 is 5.91 Å². The fraction of sp³-hybridized carbons (Fsp3) is 0.588. The van der Waals surface area contributed by atoms with Crippen molar-refractivity contribution in [2.24, 2.45) is 0 Å². The minimum absolute atomic E-state index is 0.0807. The molecule has 1 aromatic rings. The standard InChI is InChI=1S/C17H26FINO3/c1-16(2,22-13-11-17(3,4)23-19-18)10-12-20-15(21)14-8-6-5-7-9-14/h5-9H,10-13H2,1-4H3,(H,20,21)/q-1. The van der Waals surface area contributed by atoms with Gasteiger partial charge in [-0.15, -0.1) is 0 Å². The number of hydrogen-bond donors (Lipinski definition) is 1. The van der Waals surface area contributed by atoms with Crippen molar-refractivity contribution < 1.29 is 37.7 Å². The molecule has 0 saturated heterocycles. The fourth-order valence-electron chi connectivity index (χ4n) is 1.93. The monoisotopic (exact) mass is 438 g/mol. The van der Waals surface area contributed by atoms with Crippen LogP contribution in [-0.2, 0) is 7.80 Å². The van der Waals surface area contributed by atoms with E-state index >= 15 is 0 Å². The number of rotatable bonds is 10. The van der Waals surface area contributed by atoms with Gasteiger partial charge in [-0.05, 0) is 0 Å². The van der Waals surface area contributed by atoms with Gasteiger partial charge in [0.15, 0.2) is 0 Å². The van der Waals surface area contributed by atoms with E-state index in [4.69, 9.17) is 7.80 Å². The molecule has 23 heavy (non-hydrogen) atoms. The third kappa shape index (κ3) is 8.62. The quantitative estimate of drug-likeness (QED) is 0.547. The van der Waals surface area contributed by atoms with Crippen LogP contribution < -0.4 is 27.5 Å². The summed E-state index contributed by atoms with van der Waals surface area (Å²) < 4.78 is 23.3. The van der Waals surface area contributed by atoms with Gasteiger partial charge in [-0.2, -0.15) is 0 Å². The van der Waals surface area contributed by atoms with Crippen molar-refractivity contribution in [3.8, 4) is 0 Å². The van der Waals surface area contributed by atoms with Crippen molar-refractivity contribution in [2.45, 2.75) is 51.7 Å². The zero-order valence-corrected chi connectivity index (χ0v) is 16.4. The molecule has 0 atom stereocenters. The van der Waals surface area contributed by atoms with Crippen LogP contribution in [0, 0.1) is 0 Å². The van der Waals surface area contributed by atoms with Crippen molar-refractivity contribution in [2.75, 3.05) is 13.2 Å². The van der Waals surface area contributed by atoms with E-state index in [0.29, 0.717) is 31.6 Å². The minimum atomic E-state index is -1.67. The molecule has 0 aromatic heterocycles. The second-order valence-electron chi connectivity index (χ2n) is 6.63. The molecule has 132 valence electrons. The summed E-state index contributed by atoms with van der Waals surface area (Å²) in [5, 5.41) is 2.89. The normalized spacial score (nSPS) is 12.4. The second kappa shape index (κ2) is 9.54. The Labute approximate surface area is 149 Å². The van der Waals surface area contributed by atoms with Crippen LogP contribution in [0.1, 0.15) is 50.9 Å². The Morgan fingerprint density at radius 2 is 1.78 bits per heavy atom. The van der Waals surface area contributed by atoms with Crippen LogP contribution in [0.2, 0.25) is 0 Å². The van der Waals surface area contributed by atoms with Crippen LogP contribution in [-0.4, -0.2) is 30.3 Å². The van der Waals surface area contributed by atoms with E-state index in [2.05, 4.69) is 5.32 Å². The Hall–Kier alpha value is -0.730. The van der Waals surface area contributed by atoms with E-state index in [1.165, 1.54) is 0 Å². The van der Waals surface area contributed by atoms with Crippen molar-refractivity contribution in [1.29, 1.82) is 0 Å². The van der Waals surface area contributed by atoms with Gasteiger partial charge >= 0.3 is 131 Å². The predicted molar refractivity (Wildman–Crippen MR) is 84.3 cm³/mol. The molecule has 0 unspecified atom stereocenters. The molecule has 0 aliphatic carbocycles. The van der Waals surface area contributed by atoms with Gasteiger partial charge in [-0.25, -0.2) is 0 Å². The predicted octanol–water partition coefficient (Wildman–Crippen LogP) is 0.676. The number of benzene rings is 1. The first-order chi connectivity index (χ1) is 10.8. The molecule has 0 aliphatic heterocycles. The van der Waals surface area contributed by atoms with E-state index in [0.717, 1.165) is 0 Å². The van der Waals surface area contributed by atoms with Crippen LogP contribution in [0.25, 0.3) is 0 Å². The summed E-state index contributed by atoms with van der Waals surface area (Å²) in [6, 6.07) is 9.12. The third-order valence-corrected chi connectivity index (χ3v) is 4.84. The fourth-order valence-corrected chi connectivity index (χ4v) is 2.60. The summed E-state index contributed by atoms with van der Waals surface area (Å²) in [6.45, 7) is 8.73. The Bertz CT molecular complexity index is 480. The number of hydrogen-bond acceptors (Lipinski definition) is 3. The number of carbonyl (C=O) groups excluding carboxylic acids is 1. The summed E-state index contributed by atoms with van der Waals surface area (Å²) in [6.07, 6.45) is 1.33. The molecule has 1 amide bonds. The summed E-state index contributed by atoms with van der Waals surface area (Å²) in [4.78, 5) is 11.9. The third-order valence-electron chi connectivity index (χ3n) is 3.48. The average Bonchev–Trinajstić information content (AvgIpc) is 2.47. The average molecular weight is 438 g/mol. The topological polar surface area (TPSA) is 47.6 Å². The number of amides is 1. The van der Waals surface area contributed by atoms with Gasteiger partial charge in [0.25, 0.3) is 0 Å². The summed E-state index contributed by atoms with van der Waals surface area (Å²) in [5.74, 6) is -0.0807. The van der Waals surface area contributed by atoms with Gasteiger partial charge in [0.2, 0.25) is 0 Å². The maximum atomic E-state index is 12.3. The first kappa shape index (κ1) is 20.3. The SMILES string of the molecule is CC(C)(CCNC(=O)c1ccccc1)OCCC(C)(C)O[I-]F. The molecule has 4 nitrogen and oxygen atoms in total. The van der Waals surface area contributed by atoms with Gasteiger partial charge < -0.3 is 0 Å². The molecule has 1 N–H and O–H groups in total. The van der Waals surface area contributed by atoms with Crippen molar-refractivity contribution in [3.63, 3.8) is 0 Å². The molecular weight excluding hydrogens is 412 g/mol. The molecule has 0 fully saturated rings. The molecule has 0 bridgehead atoms. The number of carbonyl (C=O) groups is 1. The summed E-state index contributed by atoms with van der Waals surface area (Å²) in [7, 11) is 0. The van der Waals surface area contributed by atoms with Crippen LogP contribution in [0.5, 0.6) is 0 Å². The number of nitrogens with one attached hydrogen (secondary N) is 1. The Balaban J connectivity index is 2.28. The second-order valence-corrected chi connectivity index (χ2v) is 7.40. The van der Waals surface area contributed by atoms with E-state index in [-0.39, 0.29) is 11.5 Å². The van der Waals surface area contributed by atoms with Crippen LogP contribution in [0.4, 0.5) is 2.86 Å². The molecule has 1 rings (SSSR count). The van der Waals surface area contributed by atoms with Crippen LogP contribution >= 0.6 is 0 Å². The number of halogens is 2. The molecule has 1 aromatic carbocycles. The van der Waals surface area contributed by atoms with Crippen LogP contribution in [0.3, 0.4) is 0 Å². The van der Waals surface area contributed by atoms with Gasteiger partial charge in [0, 0.05) is 0 Å². The Morgan fingerprint density at radius 1 is 1.13 bits per heavy atom. The van der Waals surface area contributed by atoms with Gasteiger partial charge in [0.1, 0.15) is 0 Å². The molecule has 0 saturated carbocycles. The van der Waals surface area contributed by atoms with Crippen molar-refractivity contribution in [1.82, 2.24) is 5.32 Å². The number of ether oxygens (including phenoxy) is 1. The molecule has 6 heteroatoms. The van der Waals surface area contributed by atoms with Crippen molar-refractivity contribution in [3.05, 3.63) is 35.9 Å². The summed E-state index contributed by atoms with van der Waals surface area (Å²) in [5.41, 5.74) is -0.190. The van der Waals surface area contributed by atoms with E-state index in [1.807, 2.05) is 45.9 Å². The zero-order chi connectivity index (χ0) is 17.3. The molecule has 0 aliphatic rings. The zero-order valence-electron chi connectivity index (χ0n) is 14.2.